The number of aromatic nitrogens is 4. The molecule has 0 unspecified atom stereocenters. The molecule has 0 bridgehead atoms. The van der Waals surface area contributed by atoms with Crippen LogP contribution in [0.15, 0.2) is 67.8 Å². The summed E-state index contributed by atoms with van der Waals surface area (Å²) in [5, 5.41) is 9.89. The molecule has 174 valence electrons. The number of rotatable bonds is 6. The average Bonchev–Trinajstić information content (AvgIpc) is 3.30. The SMILES string of the molecule is C=C(Nc1cc2cc(-c3cnn(C)c3)ccc2cn1)c1ccnc(N2CCC(N(C)C)CC2)c1. The molecule has 0 saturated carbocycles. The Hall–Kier alpha value is -3.71. The van der Waals surface area contributed by atoms with Crippen LogP contribution in [-0.4, -0.2) is 57.9 Å². The van der Waals surface area contributed by atoms with Crippen LogP contribution in [0.1, 0.15) is 18.4 Å². The second-order valence-electron chi connectivity index (χ2n) is 9.22. The summed E-state index contributed by atoms with van der Waals surface area (Å²) in [6.07, 6.45) is 9.97. The standard InChI is InChI=1S/C27H31N7/c1-19(20-7-10-28-27(15-20)34-11-8-25(9-12-34)32(2)3)31-26-14-23-13-21(5-6-22(23)16-29-26)24-17-30-33(4)18-24/h5-7,10,13-18,25H,1,8-9,11-12H2,2-4H3,(H,29,31). The van der Waals surface area contributed by atoms with Gasteiger partial charge in [-0.1, -0.05) is 18.7 Å². The minimum absolute atomic E-state index is 0.647. The van der Waals surface area contributed by atoms with Crippen LogP contribution in [0.25, 0.3) is 27.6 Å². The Balaban J connectivity index is 1.32. The maximum atomic E-state index is 4.62. The fourth-order valence-electron chi connectivity index (χ4n) is 4.58. The Morgan fingerprint density at radius 2 is 1.82 bits per heavy atom. The van der Waals surface area contributed by atoms with E-state index >= 15 is 0 Å². The number of hydrogen-bond donors (Lipinski definition) is 1. The lowest BCUT2D eigenvalue weighted by atomic mass is 10.0. The number of aryl methyl sites for hydroxylation is 1. The van der Waals surface area contributed by atoms with Crippen molar-refractivity contribution in [1.29, 1.82) is 0 Å². The highest BCUT2D eigenvalue weighted by Crippen LogP contribution is 2.27. The minimum Gasteiger partial charge on any atom is -0.356 e. The largest absolute Gasteiger partial charge is 0.356 e. The van der Waals surface area contributed by atoms with Gasteiger partial charge in [-0.05, 0) is 62.2 Å². The van der Waals surface area contributed by atoms with E-state index in [1.807, 2.05) is 42.6 Å². The van der Waals surface area contributed by atoms with E-state index < -0.39 is 0 Å². The molecular weight excluding hydrogens is 422 g/mol. The van der Waals surface area contributed by atoms with Gasteiger partial charge in [-0.3, -0.25) is 4.68 Å². The molecule has 1 fully saturated rings. The van der Waals surface area contributed by atoms with Gasteiger partial charge in [0.25, 0.3) is 0 Å². The predicted molar refractivity (Wildman–Crippen MR) is 140 cm³/mol. The Kier molecular flexibility index (Phi) is 6.02. The minimum atomic E-state index is 0.647. The van der Waals surface area contributed by atoms with Crippen molar-refractivity contribution in [3.05, 3.63) is 73.3 Å². The second-order valence-corrected chi connectivity index (χ2v) is 9.22. The van der Waals surface area contributed by atoms with E-state index in [-0.39, 0.29) is 0 Å². The molecule has 4 aromatic rings. The van der Waals surface area contributed by atoms with Gasteiger partial charge in [0, 0.05) is 67.0 Å². The van der Waals surface area contributed by atoms with Crippen LogP contribution in [0.3, 0.4) is 0 Å². The van der Waals surface area contributed by atoms with Gasteiger partial charge >= 0.3 is 0 Å². The molecule has 0 spiro atoms. The van der Waals surface area contributed by atoms with Crippen molar-refractivity contribution in [3.8, 4) is 11.1 Å². The van der Waals surface area contributed by atoms with Crippen LogP contribution >= 0.6 is 0 Å². The summed E-state index contributed by atoms with van der Waals surface area (Å²) in [6.45, 7) is 6.31. The van der Waals surface area contributed by atoms with Gasteiger partial charge in [0.05, 0.1) is 6.20 Å². The van der Waals surface area contributed by atoms with Crippen molar-refractivity contribution in [2.45, 2.75) is 18.9 Å². The maximum Gasteiger partial charge on any atom is 0.130 e. The molecule has 7 nitrogen and oxygen atoms in total. The first-order chi connectivity index (χ1) is 16.5. The highest BCUT2D eigenvalue weighted by Gasteiger charge is 2.21. The second kappa shape index (κ2) is 9.27. The topological polar surface area (TPSA) is 62.1 Å². The van der Waals surface area contributed by atoms with Gasteiger partial charge in [-0.25, -0.2) is 9.97 Å². The van der Waals surface area contributed by atoms with E-state index in [1.54, 1.807) is 0 Å². The number of piperidine rings is 1. The third kappa shape index (κ3) is 4.65. The maximum absolute atomic E-state index is 4.62. The normalized spacial score (nSPS) is 14.6. The first kappa shape index (κ1) is 22.1. The summed E-state index contributed by atoms with van der Waals surface area (Å²) in [5.41, 5.74) is 4.06. The highest BCUT2D eigenvalue weighted by atomic mass is 15.2. The third-order valence-corrected chi connectivity index (χ3v) is 6.65. The first-order valence-corrected chi connectivity index (χ1v) is 11.7. The Labute approximate surface area is 200 Å². The van der Waals surface area contributed by atoms with E-state index in [0.717, 1.165) is 70.7 Å². The lowest BCUT2D eigenvalue weighted by Crippen LogP contribution is -2.42. The smallest absolute Gasteiger partial charge is 0.130 e. The number of nitrogens with one attached hydrogen (secondary N) is 1. The van der Waals surface area contributed by atoms with Crippen LogP contribution in [-0.2, 0) is 7.05 Å². The number of pyridine rings is 2. The third-order valence-electron chi connectivity index (χ3n) is 6.65. The molecule has 1 saturated heterocycles. The van der Waals surface area contributed by atoms with Crippen molar-refractivity contribution < 1.29 is 0 Å². The molecule has 34 heavy (non-hydrogen) atoms. The van der Waals surface area contributed by atoms with E-state index in [2.05, 4.69) is 81.2 Å². The van der Waals surface area contributed by atoms with E-state index in [0.29, 0.717) is 6.04 Å². The van der Waals surface area contributed by atoms with Crippen molar-refractivity contribution in [1.82, 2.24) is 24.6 Å². The van der Waals surface area contributed by atoms with Gasteiger partial charge < -0.3 is 15.1 Å². The summed E-state index contributed by atoms with van der Waals surface area (Å²) in [4.78, 5) is 13.9. The molecule has 0 amide bonds. The number of nitrogens with zero attached hydrogens (tertiary/aromatic N) is 6. The molecule has 1 aliphatic heterocycles. The lowest BCUT2D eigenvalue weighted by Gasteiger charge is -2.36. The van der Waals surface area contributed by atoms with Gasteiger partial charge in [-0.2, -0.15) is 5.10 Å². The molecule has 0 aliphatic carbocycles. The summed E-state index contributed by atoms with van der Waals surface area (Å²) in [6, 6.07) is 13.2. The molecule has 7 heteroatoms. The van der Waals surface area contributed by atoms with Crippen molar-refractivity contribution in [2.75, 3.05) is 37.4 Å². The van der Waals surface area contributed by atoms with E-state index in [9.17, 15) is 0 Å². The zero-order valence-corrected chi connectivity index (χ0v) is 20.1. The summed E-state index contributed by atoms with van der Waals surface area (Å²) in [5.74, 6) is 1.77. The van der Waals surface area contributed by atoms with E-state index in [4.69, 9.17) is 0 Å². The molecule has 0 atom stereocenters. The molecule has 1 aliphatic rings. The number of fused-ring (bicyclic) bond motifs is 1. The molecule has 1 N–H and O–H groups in total. The average molecular weight is 454 g/mol. The molecule has 5 rings (SSSR count). The van der Waals surface area contributed by atoms with E-state index in [1.165, 1.54) is 0 Å². The summed E-state index contributed by atoms with van der Waals surface area (Å²) < 4.78 is 1.82. The van der Waals surface area contributed by atoms with Crippen LogP contribution in [0, 0.1) is 0 Å². The number of anilines is 2. The van der Waals surface area contributed by atoms with Gasteiger partial charge in [0.2, 0.25) is 0 Å². The summed E-state index contributed by atoms with van der Waals surface area (Å²) in [7, 11) is 6.25. The Morgan fingerprint density at radius 1 is 1.00 bits per heavy atom. The summed E-state index contributed by atoms with van der Waals surface area (Å²) >= 11 is 0. The predicted octanol–water partition coefficient (Wildman–Crippen LogP) is 4.64. The fraction of sp³-hybridized carbons (Fsp3) is 0.296. The highest BCUT2D eigenvalue weighted by molar-refractivity contribution is 5.89. The van der Waals surface area contributed by atoms with Crippen molar-refractivity contribution in [2.24, 2.45) is 7.05 Å². The Morgan fingerprint density at radius 3 is 2.56 bits per heavy atom. The van der Waals surface area contributed by atoms with Gasteiger partial charge in [-0.15, -0.1) is 0 Å². The zero-order chi connectivity index (χ0) is 23.7. The van der Waals surface area contributed by atoms with Crippen molar-refractivity contribution >= 4 is 28.1 Å². The number of benzene rings is 1. The van der Waals surface area contributed by atoms with Crippen molar-refractivity contribution in [3.63, 3.8) is 0 Å². The van der Waals surface area contributed by atoms with Gasteiger partial charge in [0.1, 0.15) is 11.6 Å². The van der Waals surface area contributed by atoms with Crippen LogP contribution in [0.5, 0.6) is 0 Å². The molecular formula is C27H31N7. The van der Waals surface area contributed by atoms with Crippen LogP contribution < -0.4 is 10.2 Å². The first-order valence-electron chi connectivity index (χ1n) is 11.7. The molecule has 1 aromatic carbocycles. The quantitative estimate of drug-likeness (QED) is 0.459. The van der Waals surface area contributed by atoms with Crippen LogP contribution in [0.2, 0.25) is 0 Å². The molecule has 3 aromatic heterocycles. The monoisotopic (exact) mass is 453 g/mol. The Bertz CT molecular complexity index is 1320. The molecule has 4 heterocycles. The molecule has 0 radical (unpaired) electrons. The zero-order valence-electron chi connectivity index (χ0n) is 20.1. The van der Waals surface area contributed by atoms with Gasteiger partial charge in [0.15, 0.2) is 0 Å². The fourth-order valence-corrected chi connectivity index (χ4v) is 4.58. The lowest BCUT2D eigenvalue weighted by molar-refractivity contribution is 0.249. The van der Waals surface area contributed by atoms with Crippen LogP contribution in [0.4, 0.5) is 11.6 Å². The number of hydrogen-bond acceptors (Lipinski definition) is 6.